The monoisotopic (exact) mass is 567 g/mol. The predicted octanol–water partition coefficient (Wildman–Crippen LogP) is 5.25. The highest BCUT2D eigenvalue weighted by molar-refractivity contribution is 8.00. The number of benzene rings is 1. The molecular formula is C32H41NO6S. The number of pyridine rings is 1. The van der Waals surface area contributed by atoms with E-state index in [2.05, 4.69) is 31.3 Å². The van der Waals surface area contributed by atoms with Crippen molar-refractivity contribution in [2.75, 3.05) is 39.6 Å². The summed E-state index contributed by atoms with van der Waals surface area (Å²) in [6, 6.07) is 9.95. The normalized spacial score (nSPS) is 24.2. The summed E-state index contributed by atoms with van der Waals surface area (Å²) in [5, 5.41) is 12.2. The lowest BCUT2D eigenvalue weighted by Gasteiger charge is -2.50. The summed E-state index contributed by atoms with van der Waals surface area (Å²) in [7, 11) is 0. The molecule has 1 unspecified atom stereocenters. The second kappa shape index (κ2) is 16.5. The molecule has 8 heteroatoms. The zero-order valence-electron chi connectivity index (χ0n) is 23.3. The molecule has 1 aromatic carbocycles. The standard InChI is InChI=1S/C32H41NO6S/c1-6-15-35-23-28-29(37-16-7-2)30(38-17-8-3)31(39-18-9-4)32(34,40-28)26-20-25(21-33-22-26)19-24-11-13-27(14-12-24)36-10-5/h6-9,11-14,20-22,28-31,34H,1-4,10,15-19,23H2,5H3/t28-,29-,30+,31-,32?/m1/s1. The Kier molecular flexibility index (Phi) is 13.1. The third-order valence-electron chi connectivity index (χ3n) is 6.28. The van der Waals surface area contributed by atoms with Gasteiger partial charge in [-0.3, -0.25) is 4.98 Å². The van der Waals surface area contributed by atoms with Crippen molar-refractivity contribution in [1.29, 1.82) is 0 Å². The Labute approximate surface area is 242 Å². The van der Waals surface area contributed by atoms with Crippen molar-refractivity contribution < 1.29 is 28.8 Å². The minimum Gasteiger partial charge on any atom is -0.494 e. The van der Waals surface area contributed by atoms with Crippen LogP contribution in [0.2, 0.25) is 0 Å². The van der Waals surface area contributed by atoms with Gasteiger partial charge in [0.2, 0.25) is 0 Å². The summed E-state index contributed by atoms with van der Waals surface area (Å²) in [4.78, 5) is 2.98. The summed E-state index contributed by atoms with van der Waals surface area (Å²) in [6.45, 7) is 19.2. The molecule has 1 saturated heterocycles. The van der Waals surface area contributed by atoms with E-state index in [0.717, 1.165) is 16.9 Å². The van der Waals surface area contributed by atoms with E-state index in [9.17, 15) is 5.11 Å². The van der Waals surface area contributed by atoms with Crippen molar-refractivity contribution in [2.24, 2.45) is 0 Å². The first kappa shape index (κ1) is 31.8. The predicted molar refractivity (Wildman–Crippen MR) is 161 cm³/mol. The molecule has 0 bridgehead atoms. The van der Waals surface area contributed by atoms with Gasteiger partial charge in [0.1, 0.15) is 24.1 Å². The van der Waals surface area contributed by atoms with Gasteiger partial charge in [0, 0.05) is 18.0 Å². The fraction of sp³-hybridized carbons (Fsp3) is 0.406. The topological polar surface area (TPSA) is 79.3 Å². The Morgan fingerprint density at radius 1 is 0.875 bits per heavy atom. The molecule has 1 aliphatic heterocycles. The van der Waals surface area contributed by atoms with E-state index in [1.54, 1.807) is 30.5 Å². The molecule has 3 rings (SSSR count). The lowest BCUT2D eigenvalue weighted by molar-refractivity contribution is -0.180. The van der Waals surface area contributed by atoms with Gasteiger partial charge in [-0.05, 0) is 42.7 Å². The number of nitrogens with zero attached hydrogens (tertiary/aromatic N) is 1. The summed E-state index contributed by atoms with van der Waals surface area (Å²) >= 11 is 1.33. The van der Waals surface area contributed by atoms with Crippen LogP contribution < -0.4 is 4.74 Å². The molecule has 1 fully saturated rings. The van der Waals surface area contributed by atoms with Crippen LogP contribution in [0.4, 0.5) is 0 Å². The number of hydrogen-bond acceptors (Lipinski definition) is 8. The molecule has 2 aromatic rings. The van der Waals surface area contributed by atoms with Gasteiger partial charge in [-0.2, -0.15) is 0 Å². The van der Waals surface area contributed by atoms with Crippen LogP contribution in [-0.4, -0.2) is 73.3 Å². The molecule has 0 radical (unpaired) electrons. The van der Waals surface area contributed by atoms with Gasteiger partial charge in [0.25, 0.3) is 0 Å². The van der Waals surface area contributed by atoms with Crippen LogP contribution in [-0.2, 0) is 30.3 Å². The van der Waals surface area contributed by atoms with Crippen LogP contribution in [0.5, 0.6) is 5.75 Å². The molecule has 2 heterocycles. The van der Waals surface area contributed by atoms with Crippen LogP contribution in [0.3, 0.4) is 0 Å². The molecule has 7 nitrogen and oxygen atoms in total. The highest BCUT2D eigenvalue weighted by atomic mass is 32.2. The maximum atomic E-state index is 12.4. The maximum Gasteiger partial charge on any atom is 0.166 e. The molecule has 0 amide bonds. The van der Waals surface area contributed by atoms with Gasteiger partial charge < -0.3 is 28.8 Å². The SMILES string of the molecule is C=CCOC[C@H]1SC(O)(c2cncc(Cc3ccc(OCC)cc3)c2)[C@H](OCC=C)[C@@H](OCC=C)[C@@H]1OCC=C. The molecule has 0 saturated carbocycles. The largest absolute Gasteiger partial charge is 0.494 e. The second-order valence-electron chi connectivity index (χ2n) is 9.23. The molecular weight excluding hydrogens is 526 g/mol. The Hall–Kier alpha value is -2.72. The number of thioether (sulfide) groups is 1. The molecule has 1 aromatic heterocycles. The van der Waals surface area contributed by atoms with Crippen molar-refractivity contribution in [3.05, 3.63) is 110 Å². The van der Waals surface area contributed by atoms with Gasteiger partial charge in [-0.1, -0.05) is 36.4 Å². The van der Waals surface area contributed by atoms with Crippen molar-refractivity contribution in [1.82, 2.24) is 4.98 Å². The van der Waals surface area contributed by atoms with Gasteiger partial charge >= 0.3 is 0 Å². The first-order chi connectivity index (χ1) is 19.5. The average molecular weight is 568 g/mol. The van der Waals surface area contributed by atoms with Crippen molar-refractivity contribution >= 4 is 11.8 Å². The number of aliphatic hydroxyl groups is 1. The smallest absolute Gasteiger partial charge is 0.166 e. The fourth-order valence-corrected chi connectivity index (χ4v) is 6.19. The van der Waals surface area contributed by atoms with Gasteiger partial charge in [-0.25, -0.2) is 0 Å². The van der Waals surface area contributed by atoms with Crippen molar-refractivity contribution in [2.45, 2.75) is 41.8 Å². The van der Waals surface area contributed by atoms with Gasteiger partial charge in [0.05, 0.1) is 44.9 Å². The third kappa shape index (κ3) is 8.39. The molecule has 5 atom stereocenters. The summed E-state index contributed by atoms with van der Waals surface area (Å²) in [6.07, 6.45) is 8.91. The molecule has 40 heavy (non-hydrogen) atoms. The van der Waals surface area contributed by atoms with Crippen LogP contribution in [0.1, 0.15) is 23.6 Å². The summed E-state index contributed by atoms with van der Waals surface area (Å²) < 4.78 is 30.1. The lowest BCUT2D eigenvalue weighted by atomic mass is 9.93. The van der Waals surface area contributed by atoms with Crippen molar-refractivity contribution in [3.8, 4) is 5.75 Å². The summed E-state index contributed by atoms with van der Waals surface area (Å²) in [5.74, 6) is 0.830. The fourth-order valence-electron chi connectivity index (χ4n) is 4.61. The average Bonchev–Trinajstić information content (AvgIpc) is 2.96. The Morgan fingerprint density at radius 3 is 2.17 bits per heavy atom. The van der Waals surface area contributed by atoms with E-state index in [1.807, 2.05) is 43.5 Å². The molecule has 1 N–H and O–H groups in total. The summed E-state index contributed by atoms with van der Waals surface area (Å²) in [5.41, 5.74) is 2.66. The third-order valence-corrected chi connectivity index (χ3v) is 7.82. The number of hydrogen-bond donors (Lipinski definition) is 1. The first-order valence-electron chi connectivity index (χ1n) is 13.4. The van der Waals surface area contributed by atoms with Crippen LogP contribution >= 0.6 is 11.8 Å². The van der Waals surface area contributed by atoms with E-state index in [0.29, 0.717) is 38.4 Å². The maximum absolute atomic E-state index is 12.4. The van der Waals surface area contributed by atoms with E-state index >= 15 is 0 Å². The Balaban J connectivity index is 2.00. The van der Waals surface area contributed by atoms with E-state index in [1.165, 1.54) is 11.8 Å². The van der Waals surface area contributed by atoms with Crippen molar-refractivity contribution in [3.63, 3.8) is 0 Å². The molecule has 216 valence electrons. The van der Waals surface area contributed by atoms with Gasteiger partial charge in [-0.15, -0.1) is 38.1 Å². The zero-order chi connectivity index (χ0) is 28.8. The minimum absolute atomic E-state index is 0.215. The number of aromatic nitrogens is 1. The Morgan fingerprint density at radius 2 is 1.52 bits per heavy atom. The highest BCUT2D eigenvalue weighted by Gasteiger charge is 2.56. The second-order valence-corrected chi connectivity index (χ2v) is 10.7. The molecule has 0 aliphatic carbocycles. The molecule has 1 aliphatic rings. The number of rotatable bonds is 18. The quantitative estimate of drug-likeness (QED) is 0.193. The van der Waals surface area contributed by atoms with E-state index in [-0.39, 0.29) is 18.5 Å². The number of ether oxygens (including phenoxy) is 5. The van der Waals surface area contributed by atoms with Crippen LogP contribution in [0, 0.1) is 0 Å². The highest BCUT2D eigenvalue weighted by Crippen LogP contribution is 2.50. The zero-order valence-corrected chi connectivity index (χ0v) is 24.1. The van der Waals surface area contributed by atoms with E-state index < -0.39 is 23.2 Å². The van der Waals surface area contributed by atoms with E-state index in [4.69, 9.17) is 23.7 Å². The molecule has 0 spiro atoms. The minimum atomic E-state index is -1.52. The van der Waals surface area contributed by atoms with Crippen LogP contribution in [0.15, 0.2) is 93.3 Å². The van der Waals surface area contributed by atoms with Gasteiger partial charge in [0.15, 0.2) is 4.93 Å². The van der Waals surface area contributed by atoms with Crippen LogP contribution in [0.25, 0.3) is 0 Å². The lowest BCUT2D eigenvalue weighted by Crippen LogP contribution is -2.61. The first-order valence-corrected chi connectivity index (χ1v) is 14.3. The Bertz CT molecular complexity index is 1090.